The topological polar surface area (TPSA) is 35.5 Å². The Morgan fingerprint density at radius 3 is 2.50 bits per heavy atom. The highest BCUT2D eigenvalue weighted by atomic mass is 32.2. The molecule has 0 fully saturated rings. The van der Waals surface area contributed by atoms with Gasteiger partial charge < -0.3 is 9.47 Å². The van der Waals surface area contributed by atoms with E-state index in [1.165, 1.54) is 18.4 Å². The summed E-state index contributed by atoms with van der Waals surface area (Å²) in [5, 5.41) is 0. The minimum Gasteiger partial charge on any atom is -0.495 e. The third kappa shape index (κ3) is 1.88. The standard InChI is InChI=1S/C9H12O3S2/c1-5-6(11-2)7(8(10)12-3)14-9(5)13-4/h1-4H3. The molecule has 0 bridgehead atoms. The second kappa shape index (κ2) is 4.70. The van der Waals surface area contributed by atoms with Crippen LogP contribution in [0.5, 0.6) is 5.75 Å². The second-order valence-electron chi connectivity index (χ2n) is 2.57. The first-order chi connectivity index (χ1) is 6.65. The lowest BCUT2D eigenvalue weighted by Gasteiger charge is -2.01. The molecule has 1 heterocycles. The van der Waals surface area contributed by atoms with Gasteiger partial charge in [0.05, 0.1) is 18.4 Å². The molecule has 1 rings (SSSR count). The van der Waals surface area contributed by atoms with Crippen molar-refractivity contribution in [2.45, 2.75) is 11.1 Å². The van der Waals surface area contributed by atoms with Gasteiger partial charge in [0, 0.05) is 5.56 Å². The number of ether oxygens (including phenoxy) is 2. The van der Waals surface area contributed by atoms with E-state index >= 15 is 0 Å². The first kappa shape index (κ1) is 11.4. The van der Waals surface area contributed by atoms with Crippen LogP contribution in [0, 0.1) is 6.92 Å². The van der Waals surface area contributed by atoms with Gasteiger partial charge in [0.1, 0.15) is 5.75 Å². The summed E-state index contributed by atoms with van der Waals surface area (Å²) < 4.78 is 10.9. The fourth-order valence-electron chi connectivity index (χ4n) is 1.15. The van der Waals surface area contributed by atoms with Gasteiger partial charge >= 0.3 is 5.97 Å². The smallest absolute Gasteiger partial charge is 0.351 e. The fraction of sp³-hybridized carbons (Fsp3) is 0.444. The molecule has 0 aliphatic rings. The third-order valence-corrected chi connectivity index (χ3v) is 4.28. The van der Waals surface area contributed by atoms with Crippen LogP contribution in [0.4, 0.5) is 0 Å². The number of methoxy groups -OCH3 is 2. The van der Waals surface area contributed by atoms with Crippen LogP contribution < -0.4 is 4.74 Å². The lowest BCUT2D eigenvalue weighted by Crippen LogP contribution is -2.00. The van der Waals surface area contributed by atoms with Crippen LogP contribution in [-0.2, 0) is 4.74 Å². The highest BCUT2D eigenvalue weighted by molar-refractivity contribution is 8.00. The largest absolute Gasteiger partial charge is 0.495 e. The Kier molecular flexibility index (Phi) is 3.83. The van der Waals surface area contributed by atoms with E-state index in [4.69, 9.17) is 4.74 Å². The van der Waals surface area contributed by atoms with Crippen LogP contribution >= 0.6 is 23.1 Å². The Labute approximate surface area is 91.4 Å². The van der Waals surface area contributed by atoms with E-state index in [0.29, 0.717) is 10.6 Å². The molecule has 78 valence electrons. The molecule has 1 aromatic rings. The molecule has 14 heavy (non-hydrogen) atoms. The minimum absolute atomic E-state index is 0.338. The molecule has 0 aliphatic carbocycles. The monoisotopic (exact) mass is 232 g/mol. The van der Waals surface area contributed by atoms with Gasteiger partial charge in [0.2, 0.25) is 0 Å². The van der Waals surface area contributed by atoms with Crippen LogP contribution in [0.1, 0.15) is 15.2 Å². The molecule has 0 saturated carbocycles. The Morgan fingerprint density at radius 2 is 2.07 bits per heavy atom. The molecule has 1 aromatic heterocycles. The summed E-state index contributed by atoms with van der Waals surface area (Å²) in [6, 6.07) is 0. The second-order valence-corrected chi connectivity index (χ2v) is 4.67. The normalized spacial score (nSPS) is 10.0. The zero-order valence-electron chi connectivity index (χ0n) is 8.54. The van der Waals surface area contributed by atoms with Crippen LogP contribution in [-0.4, -0.2) is 26.4 Å². The van der Waals surface area contributed by atoms with E-state index < -0.39 is 0 Å². The minimum atomic E-state index is -0.338. The Bertz CT molecular complexity index is 344. The molecule has 0 radical (unpaired) electrons. The van der Waals surface area contributed by atoms with Crippen LogP contribution in [0.3, 0.4) is 0 Å². The first-order valence-corrected chi connectivity index (χ1v) is 5.99. The van der Waals surface area contributed by atoms with Gasteiger partial charge in [-0.15, -0.1) is 23.1 Å². The summed E-state index contributed by atoms with van der Waals surface area (Å²) in [7, 11) is 2.93. The lowest BCUT2D eigenvalue weighted by atomic mass is 10.3. The van der Waals surface area contributed by atoms with Crippen molar-refractivity contribution < 1.29 is 14.3 Å². The summed E-state index contributed by atoms with van der Waals surface area (Å²) >= 11 is 3.01. The lowest BCUT2D eigenvalue weighted by molar-refractivity contribution is 0.0603. The Hall–Kier alpha value is -0.680. The predicted octanol–water partition coefficient (Wildman–Crippen LogP) is 2.57. The predicted molar refractivity (Wildman–Crippen MR) is 58.7 cm³/mol. The summed E-state index contributed by atoms with van der Waals surface area (Å²) in [5.74, 6) is 0.293. The van der Waals surface area contributed by atoms with E-state index in [0.717, 1.165) is 9.77 Å². The average molecular weight is 232 g/mol. The van der Waals surface area contributed by atoms with Gasteiger partial charge in [-0.2, -0.15) is 0 Å². The van der Waals surface area contributed by atoms with E-state index in [9.17, 15) is 4.79 Å². The van der Waals surface area contributed by atoms with Crippen molar-refractivity contribution in [1.29, 1.82) is 0 Å². The van der Waals surface area contributed by atoms with Crippen molar-refractivity contribution in [3.8, 4) is 5.75 Å². The van der Waals surface area contributed by atoms with E-state index in [1.54, 1.807) is 18.9 Å². The van der Waals surface area contributed by atoms with Crippen molar-refractivity contribution in [3.63, 3.8) is 0 Å². The Morgan fingerprint density at radius 1 is 1.43 bits per heavy atom. The zero-order chi connectivity index (χ0) is 10.7. The zero-order valence-corrected chi connectivity index (χ0v) is 10.2. The maximum absolute atomic E-state index is 11.4. The molecular weight excluding hydrogens is 220 g/mol. The van der Waals surface area contributed by atoms with Crippen molar-refractivity contribution >= 4 is 29.1 Å². The maximum atomic E-state index is 11.4. The van der Waals surface area contributed by atoms with Crippen molar-refractivity contribution in [2.75, 3.05) is 20.5 Å². The van der Waals surface area contributed by atoms with Gasteiger partial charge in [-0.3, -0.25) is 0 Å². The molecule has 0 aliphatic heterocycles. The summed E-state index contributed by atoms with van der Waals surface area (Å²) in [6.07, 6.45) is 1.97. The quantitative estimate of drug-likeness (QED) is 0.592. The maximum Gasteiger partial charge on any atom is 0.351 e. The number of carbonyl (C=O) groups excluding carboxylic acids is 1. The van der Waals surface area contributed by atoms with Crippen LogP contribution in [0.25, 0.3) is 0 Å². The van der Waals surface area contributed by atoms with Crippen molar-refractivity contribution in [1.82, 2.24) is 0 Å². The molecule has 0 amide bonds. The molecule has 0 aromatic carbocycles. The molecule has 0 atom stereocenters. The average Bonchev–Trinajstić information content (AvgIpc) is 2.53. The number of hydrogen-bond acceptors (Lipinski definition) is 5. The SMILES string of the molecule is COC(=O)c1sc(SC)c(C)c1OC. The first-order valence-electron chi connectivity index (χ1n) is 3.95. The highest BCUT2D eigenvalue weighted by Gasteiger charge is 2.21. The van der Waals surface area contributed by atoms with Crippen molar-refractivity contribution in [3.05, 3.63) is 10.4 Å². The van der Waals surface area contributed by atoms with E-state index in [-0.39, 0.29) is 5.97 Å². The molecule has 0 N–H and O–H groups in total. The number of thiophene rings is 1. The van der Waals surface area contributed by atoms with Gasteiger partial charge in [-0.05, 0) is 13.2 Å². The third-order valence-electron chi connectivity index (χ3n) is 1.81. The van der Waals surface area contributed by atoms with Crippen LogP contribution in [0.15, 0.2) is 4.21 Å². The summed E-state index contributed by atoms with van der Waals surface area (Å²) in [6.45, 7) is 1.94. The molecule has 0 spiro atoms. The molecule has 0 unspecified atom stereocenters. The van der Waals surface area contributed by atoms with E-state index in [2.05, 4.69) is 4.74 Å². The molecule has 3 nitrogen and oxygen atoms in total. The number of thioether (sulfide) groups is 1. The number of rotatable bonds is 3. The van der Waals surface area contributed by atoms with Crippen LogP contribution in [0.2, 0.25) is 0 Å². The molecule has 0 saturated heterocycles. The Balaban J connectivity index is 3.22. The number of esters is 1. The van der Waals surface area contributed by atoms with Gasteiger partial charge in [-0.25, -0.2) is 4.79 Å². The van der Waals surface area contributed by atoms with E-state index in [1.807, 2.05) is 13.2 Å². The fourth-order valence-corrected chi connectivity index (χ4v) is 3.06. The molecular formula is C9H12O3S2. The van der Waals surface area contributed by atoms with Gasteiger partial charge in [0.25, 0.3) is 0 Å². The number of hydrogen-bond donors (Lipinski definition) is 0. The van der Waals surface area contributed by atoms with Gasteiger partial charge in [0.15, 0.2) is 4.88 Å². The summed E-state index contributed by atoms with van der Waals surface area (Å²) in [4.78, 5) is 11.9. The molecule has 5 heteroatoms. The highest BCUT2D eigenvalue weighted by Crippen LogP contribution is 2.39. The summed E-state index contributed by atoms with van der Waals surface area (Å²) in [5.41, 5.74) is 1.01. The van der Waals surface area contributed by atoms with Crippen molar-refractivity contribution in [2.24, 2.45) is 0 Å². The van der Waals surface area contributed by atoms with Gasteiger partial charge in [-0.1, -0.05) is 0 Å². The number of carbonyl (C=O) groups is 1.